The van der Waals surface area contributed by atoms with Crippen molar-refractivity contribution in [1.82, 2.24) is 9.47 Å². The van der Waals surface area contributed by atoms with Crippen LogP contribution in [0.15, 0.2) is 36.4 Å². The van der Waals surface area contributed by atoms with E-state index in [1.54, 1.807) is 7.11 Å². The predicted molar refractivity (Wildman–Crippen MR) is 93.5 cm³/mol. The third-order valence-electron chi connectivity index (χ3n) is 4.29. The maximum absolute atomic E-state index is 5.60. The summed E-state index contributed by atoms with van der Waals surface area (Å²) in [6.07, 6.45) is 0. The van der Waals surface area contributed by atoms with E-state index >= 15 is 0 Å². The Kier molecular flexibility index (Phi) is 4.07. The van der Waals surface area contributed by atoms with Gasteiger partial charge >= 0.3 is 0 Å². The van der Waals surface area contributed by atoms with Crippen LogP contribution >= 0.6 is 12.2 Å². The van der Waals surface area contributed by atoms with Crippen LogP contribution < -0.4 is 10.1 Å². The van der Waals surface area contributed by atoms with Gasteiger partial charge in [0.15, 0.2) is 5.11 Å². The summed E-state index contributed by atoms with van der Waals surface area (Å²) in [4.78, 5) is 2.24. The molecule has 1 aromatic carbocycles. The van der Waals surface area contributed by atoms with Gasteiger partial charge in [-0.05, 0) is 62.5 Å². The molecule has 0 radical (unpaired) electrons. The number of fused-ring (bicyclic) bond motifs is 1. The Labute approximate surface area is 136 Å². The first kappa shape index (κ1) is 14.9. The van der Waals surface area contributed by atoms with E-state index in [9.17, 15) is 0 Å². The first-order chi connectivity index (χ1) is 10.6. The summed E-state index contributed by atoms with van der Waals surface area (Å²) in [5, 5.41) is 4.09. The summed E-state index contributed by atoms with van der Waals surface area (Å²) in [6, 6.07) is 12.5. The van der Waals surface area contributed by atoms with Gasteiger partial charge in [0.2, 0.25) is 0 Å². The van der Waals surface area contributed by atoms with Crippen LogP contribution in [0.1, 0.15) is 24.4 Å². The molecule has 0 saturated heterocycles. The number of rotatable bonds is 2. The molecular weight excluding hydrogens is 294 g/mol. The van der Waals surface area contributed by atoms with Crippen molar-refractivity contribution in [2.45, 2.75) is 26.4 Å². The highest BCUT2D eigenvalue weighted by Crippen LogP contribution is 2.28. The second kappa shape index (κ2) is 6.01. The number of anilines is 1. The molecule has 0 amide bonds. The normalized spacial score (nSPS) is 17.0. The molecule has 2 heterocycles. The van der Waals surface area contributed by atoms with Gasteiger partial charge in [-0.3, -0.25) is 0 Å². The molecule has 5 heteroatoms. The lowest BCUT2D eigenvalue weighted by Gasteiger charge is -2.37. The molecule has 1 aliphatic heterocycles. The third kappa shape index (κ3) is 2.68. The van der Waals surface area contributed by atoms with Gasteiger partial charge in [-0.15, -0.1) is 0 Å². The van der Waals surface area contributed by atoms with E-state index in [0.717, 1.165) is 29.6 Å². The van der Waals surface area contributed by atoms with Gasteiger partial charge in [0.25, 0.3) is 0 Å². The lowest BCUT2D eigenvalue weighted by Crippen LogP contribution is -2.43. The maximum atomic E-state index is 5.60. The Morgan fingerprint density at radius 1 is 1.18 bits per heavy atom. The van der Waals surface area contributed by atoms with Gasteiger partial charge in [-0.2, -0.15) is 0 Å². The molecule has 4 nitrogen and oxygen atoms in total. The highest BCUT2D eigenvalue weighted by Gasteiger charge is 2.26. The van der Waals surface area contributed by atoms with Crippen molar-refractivity contribution in [3.8, 4) is 5.75 Å². The summed E-state index contributed by atoms with van der Waals surface area (Å²) in [7, 11) is 1.67. The van der Waals surface area contributed by atoms with E-state index in [2.05, 4.69) is 40.8 Å². The standard InChI is InChI=1S/C17H21N3OS/c1-12-4-9-16-13(2)20(11-10-19(12)16)17(22)18-14-5-7-15(21-3)8-6-14/h4-9,13H,10-11H2,1-3H3,(H,18,22)/t13-/m1/s1. The molecule has 1 N–H and O–H groups in total. The van der Waals surface area contributed by atoms with Crippen molar-refractivity contribution in [3.63, 3.8) is 0 Å². The molecule has 2 aromatic rings. The highest BCUT2D eigenvalue weighted by molar-refractivity contribution is 7.80. The number of hydrogen-bond acceptors (Lipinski definition) is 2. The number of aryl methyl sites for hydroxylation is 1. The molecule has 3 rings (SSSR count). The Bertz CT molecular complexity index is 678. The Morgan fingerprint density at radius 3 is 2.59 bits per heavy atom. The van der Waals surface area contributed by atoms with E-state index in [-0.39, 0.29) is 6.04 Å². The second-order valence-corrected chi connectivity index (χ2v) is 5.97. The number of methoxy groups -OCH3 is 1. The second-order valence-electron chi connectivity index (χ2n) is 5.58. The zero-order valence-corrected chi connectivity index (χ0v) is 14.0. The van der Waals surface area contributed by atoms with Crippen LogP contribution in [0.5, 0.6) is 5.75 Å². The SMILES string of the molecule is COc1ccc(NC(=S)N2CCn3c(C)ccc3[C@H]2C)cc1. The Balaban J connectivity index is 1.72. The third-order valence-corrected chi connectivity index (χ3v) is 4.63. The van der Waals surface area contributed by atoms with E-state index in [4.69, 9.17) is 17.0 Å². The fourth-order valence-corrected chi connectivity index (χ4v) is 3.34. The lowest BCUT2D eigenvalue weighted by molar-refractivity contribution is 0.274. The summed E-state index contributed by atoms with van der Waals surface area (Å²) >= 11 is 5.60. The maximum Gasteiger partial charge on any atom is 0.174 e. The van der Waals surface area contributed by atoms with Crippen LogP contribution in [-0.4, -0.2) is 28.2 Å². The molecule has 0 fully saturated rings. The van der Waals surface area contributed by atoms with Crippen molar-refractivity contribution in [2.75, 3.05) is 19.0 Å². The van der Waals surface area contributed by atoms with E-state index < -0.39 is 0 Å². The van der Waals surface area contributed by atoms with Crippen LogP contribution in [0, 0.1) is 6.92 Å². The van der Waals surface area contributed by atoms with Gasteiger partial charge in [0, 0.05) is 30.2 Å². The van der Waals surface area contributed by atoms with Gasteiger partial charge in [0.1, 0.15) is 5.75 Å². The minimum atomic E-state index is 0.278. The van der Waals surface area contributed by atoms with Crippen molar-refractivity contribution < 1.29 is 4.74 Å². The topological polar surface area (TPSA) is 29.4 Å². The van der Waals surface area contributed by atoms with Crippen molar-refractivity contribution >= 4 is 23.0 Å². The van der Waals surface area contributed by atoms with Crippen LogP contribution in [0.4, 0.5) is 5.69 Å². The van der Waals surface area contributed by atoms with Crippen molar-refractivity contribution in [3.05, 3.63) is 47.8 Å². The average Bonchev–Trinajstić information content (AvgIpc) is 2.90. The van der Waals surface area contributed by atoms with Gasteiger partial charge < -0.3 is 19.5 Å². The largest absolute Gasteiger partial charge is 0.497 e. The minimum absolute atomic E-state index is 0.278. The number of hydrogen-bond donors (Lipinski definition) is 1. The zero-order chi connectivity index (χ0) is 15.7. The van der Waals surface area contributed by atoms with Crippen LogP contribution in [0.25, 0.3) is 0 Å². The summed E-state index contributed by atoms with van der Waals surface area (Å²) in [6.45, 7) is 6.25. The van der Waals surface area contributed by atoms with E-state index in [1.807, 2.05) is 24.3 Å². The number of benzene rings is 1. The zero-order valence-electron chi connectivity index (χ0n) is 13.2. The fourth-order valence-electron chi connectivity index (χ4n) is 2.97. The molecule has 1 aromatic heterocycles. The number of aromatic nitrogens is 1. The number of nitrogens with one attached hydrogen (secondary N) is 1. The van der Waals surface area contributed by atoms with E-state index in [1.165, 1.54) is 11.4 Å². The minimum Gasteiger partial charge on any atom is -0.497 e. The monoisotopic (exact) mass is 315 g/mol. The van der Waals surface area contributed by atoms with Crippen LogP contribution in [0.3, 0.4) is 0 Å². The average molecular weight is 315 g/mol. The molecule has 1 atom stereocenters. The Hall–Kier alpha value is -2.01. The highest BCUT2D eigenvalue weighted by atomic mass is 32.1. The lowest BCUT2D eigenvalue weighted by atomic mass is 10.1. The van der Waals surface area contributed by atoms with Crippen LogP contribution in [-0.2, 0) is 6.54 Å². The van der Waals surface area contributed by atoms with Crippen LogP contribution in [0.2, 0.25) is 0 Å². The summed E-state index contributed by atoms with van der Waals surface area (Å²) in [5.41, 5.74) is 3.62. The Morgan fingerprint density at radius 2 is 1.91 bits per heavy atom. The summed E-state index contributed by atoms with van der Waals surface area (Å²) < 4.78 is 7.55. The summed E-state index contributed by atoms with van der Waals surface area (Å²) in [5.74, 6) is 0.844. The molecule has 0 aliphatic carbocycles. The first-order valence-corrected chi connectivity index (χ1v) is 7.88. The number of ether oxygens (including phenoxy) is 1. The van der Waals surface area contributed by atoms with E-state index in [0.29, 0.717) is 0 Å². The number of nitrogens with zero attached hydrogens (tertiary/aromatic N) is 2. The first-order valence-electron chi connectivity index (χ1n) is 7.48. The van der Waals surface area contributed by atoms with Gasteiger partial charge in [-0.25, -0.2) is 0 Å². The molecule has 1 aliphatic rings. The number of thiocarbonyl (C=S) groups is 1. The molecule has 0 unspecified atom stereocenters. The molecule has 0 saturated carbocycles. The van der Waals surface area contributed by atoms with Crippen molar-refractivity contribution in [1.29, 1.82) is 0 Å². The molecule has 22 heavy (non-hydrogen) atoms. The smallest absolute Gasteiger partial charge is 0.174 e. The fraction of sp³-hybridized carbons (Fsp3) is 0.353. The molecule has 0 spiro atoms. The molecular formula is C17H21N3OS. The molecule has 0 bridgehead atoms. The van der Waals surface area contributed by atoms with Gasteiger partial charge in [0.05, 0.1) is 13.2 Å². The van der Waals surface area contributed by atoms with Gasteiger partial charge in [-0.1, -0.05) is 0 Å². The van der Waals surface area contributed by atoms with Crippen molar-refractivity contribution in [2.24, 2.45) is 0 Å². The quantitative estimate of drug-likeness (QED) is 0.858. The molecule has 116 valence electrons. The predicted octanol–water partition coefficient (Wildman–Crippen LogP) is 3.58.